The molecule has 0 aliphatic carbocycles. The second-order valence-corrected chi connectivity index (χ2v) is 6.57. The highest BCUT2D eigenvalue weighted by molar-refractivity contribution is 5.79. The topological polar surface area (TPSA) is 58.1 Å². The highest BCUT2D eigenvalue weighted by atomic mass is 19.4. The van der Waals surface area contributed by atoms with Crippen molar-refractivity contribution in [1.82, 2.24) is 20.2 Å². The van der Waals surface area contributed by atoms with Crippen LogP contribution in [0.25, 0.3) is 0 Å². The van der Waals surface area contributed by atoms with Crippen LogP contribution in [0.1, 0.15) is 35.9 Å². The minimum atomic E-state index is -4.43. The number of alkyl halides is 3. The molecule has 0 bridgehead atoms. The van der Waals surface area contributed by atoms with Crippen LogP contribution in [-0.4, -0.2) is 33.4 Å². The molecule has 2 aromatic rings. The summed E-state index contributed by atoms with van der Waals surface area (Å²) in [6, 6.07) is 5.27. The number of benzene rings is 1. The van der Waals surface area contributed by atoms with Gasteiger partial charge in [-0.3, -0.25) is 4.79 Å². The molecule has 1 fully saturated rings. The molecule has 8 heteroatoms. The molecule has 1 N–H and O–H groups in total. The summed E-state index contributed by atoms with van der Waals surface area (Å²) in [7, 11) is 0. The van der Waals surface area contributed by atoms with Gasteiger partial charge in [-0.1, -0.05) is 25.1 Å². The van der Waals surface area contributed by atoms with Crippen LogP contribution in [-0.2, 0) is 30.5 Å². The maximum atomic E-state index is 13.1. The first kappa shape index (κ1) is 19.3. The van der Waals surface area contributed by atoms with Gasteiger partial charge in [-0.25, -0.2) is 9.97 Å². The summed E-state index contributed by atoms with van der Waals surface area (Å²) in [5.41, 5.74) is 0.324. The number of halogens is 3. The molecule has 144 valence electrons. The molecule has 27 heavy (non-hydrogen) atoms. The second kappa shape index (κ2) is 8.04. The molecule has 1 unspecified atom stereocenters. The van der Waals surface area contributed by atoms with Gasteiger partial charge >= 0.3 is 6.18 Å². The Morgan fingerprint density at radius 3 is 2.59 bits per heavy atom. The quantitative estimate of drug-likeness (QED) is 0.840. The SMILES string of the molecule is CCc1ncc(CNC2CC(=O)N(Cc3ccccc3C(F)(F)F)C2)cn1. The number of aromatic nitrogens is 2. The number of carbonyl (C=O) groups excluding carboxylic acids is 1. The van der Waals surface area contributed by atoms with Crippen LogP contribution in [0.15, 0.2) is 36.7 Å². The summed E-state index contributed by atoms with van der Waals surface area (Å²) in [5.74, 6) is 0.617. The van der Waals surface area contributed by atoms with Crippen molar-refractivity contribution in [2.45, 2.75) is 45.1 Å². The molecule has 5 nitrogen and oxygen atoms in total. The van der Waals surface area contributed by atoms with Gasteiger partial charge in [-0.15, -0.1) is 0 Å². The number of rotatable bonds is 6. The first-order chi connectivity index (χ1) is 12.9. The van der Waals surface area contributed by atoms with Crippen molar-refractivity contribution in [3.05, 3.63) is 59.2 Å². The molecule has 0 radical (unpaired) electrons. The fourth-order valence-corrected chi connectivity index (χ4v) is 3.12. The third-order valence-corrected chi connectivity index (χ3v) is 4.57. The van der Waals surface area contributed by atoms with Crippen molar-refractivity contribution in [1.29, 1.82) is 0 Å². The summed E-state index contributed by atoms with van der Waals surface area (Å²) in [6.45, 7) is 2.82. The fraction of sp³-hybridized carbons (Fsp3) is 0.421. The first-order valence-electron chi connectivity index (χ1n) is 8.83. The van der Waals surface area contributed by atoms with E-state index in [0.29, 0.717) is 13.1 Å². The van der Waals surface area contributed by atoms with E-state index in [1.54, 1.807) is 18.5 Å². The van der Waals surface area contributed by atoms with E-state index in [1.165, 1.54) is 17.0 Å². The van der Waals surface area contributed by atoms with Crippen molar-refractivity contribution < 1.29 is 18.0 Å². The lowest BCUT2D eigenvalue weighted by molar-refractivity contribution is -0.139. The van der Waals surface area contributed by atoms with Crippen LogP contribution >= 0.6 is 0 Å². The Balaban J connectivity index is 1.59. The van der Waals surface area contributed by atoms with E-state index in [0.717, 1.165) is 23.9 Å². The van der Waals surface area contributed by atoms with Crippen molar-refractivity contribution in [2.75, 3.05) is 6.54 Å². The molecule has 1 aromatic heterocycles. The number of nitrogens with zero attached hydrogens (tertiary/aromatic N) is 3. The Labute approximate surface area is 155 Å². The molecule has 1 saturated heterocycles. The van der Waals surface area contributed by atoms with E-state index in [2.05, 4.69) is 15.3 Å². The van der Waals surface area contributed by atoms with Crippen molar-refractivity contribution in [3.63, 3.8) is 0 Å². The van der Waals surface area contributed by atoms with Gasteiger partial charge in [0.2, 0.25) is 5.91 Å². The highest BCUT2D eigenvalue weighted by Gasteiger charge is 2.35. The zero-order valence-electron chi connectivity index (χ0n) is 15.0. The van der Waals surface area contributed by atoms with E-state index < -0.39 is 11.7 Å². The maximum Gasteiger partial charge on any atom is 0.416 e. The average molecular weight is 378 g/mol. The number of likely N-dealkylation sites (tertiary alicyclic amines) is 1. The first-order valence-corrected chi connectivity index (χ1v) is 8.83. The van der Waals surface area contributed by atoms with Gasteiger partial charge in [0.25, 0.3) is 0 Å². The summed E-state index contributed by atoms with van der Waals surface area (Å²) in [5, 5.41) is 3.26. The second-order valence-electron chi connectivity index (χ2n) is 6.57. The molecule has 1 aliphatic heterocycles. The van der Waals surface area contributed by atoms with Gasteiger partial charge in [0.05, 0.1) is 5.56 Å². The zero-order valence-corrected chi connectivity index (χ0v) is 15.0. The monoisotopic (exact) mass is 378 g/mol. The Morgan fingerprint density at radius 1 is 1.22 bits per heavy atom. The Bertz CT molecular complexity index is 792. The normalized spacial score (nSPS) is 17.6. The van der Waals surface area contributed by atoms with Crippen LogP contribution in [0.3, 0.4) is 0 Å². The molecule has 3 rings (SSSR count). The summed E-state index contributed by atoms with van der Waals surface area (Å²) >= 11 is 0. The Morgan fingerprint density at radius 2 is 1.93 bits per heavy atom. The fourth-order valence-electron chi connectivity index (χ4n) is 3.12. The van der Waals surface area contributed by atoms with E-state index in [4.69, 9.17) is 0 Å². The van der Waals surface area contributed by atoms with Crippen molar-refractivity contribution >= 4 is 5.91 Å². The number of hydrogen-bond donors (Lipinski definition) is 1. The summed E-state index contributed by atoms with van der Waals surface area (Å²) < 4.78 is 39.4. The van der Waals surface area contributed by atoms with Crippen molar-refractivity contribution in [3.8, 4) is 0 Å². The van der Waals surface area contributed by atoms with Crippen molar-refractivity contribution in [2.24, 2.45) is 0 Å². The Kier molecular flexibility index (Phi) is 5.74. The van der Waals surface area contributed by atoms with Crippen LogP contribution in [0.2, 0.25) is 0 Å². The number of nitrogens with one attached hydrogen (secondary N) is 1. The summed E-state index contributed by atoms with van der Waals surface area (Å²) in [6.07, 6.45) is 0.0862. The predicted octanol–water partition coefficient (Wildman–Crippen LogP) is 2.95. The van der Waals surface area contributed by atoms with E-state index in [9.17, 15) is 18.0 Å². The van der Waals surface area contributed by atoms with Gasteiger partial charge in [0.1, 0.15) is 5.82 Å². The van der Waals surface area contributed by atoms with Gasteiger partial charge in [-0.05, 0) is 11.6 Å². The Hall–Kier alpha value is -2.48. The third-order valence-electron chi connectivity index (χ3n) is 4.57. The number of amides is 1. The van der Waals surface area contributed by atoms with E-state index in [1.807, 2.05) is 6.92 Å². The van der Waals surface area contributed by atoms with Crippen LogP contribution in [0.5, 0.6) is 0 Å². The lowest BCUT2D eigenvalue weighted by atomic mass is 10.1. The average Bonchev–Trinajstić information content (AvgIpc) is 2.99. The lowest BCUT2D eigenvalue weighted by Crippen LogP contribution is -2.32. The minimum Gasteiger partial charge on any atom is -0.337 e. The van der Waals surface area contributed by atoms with Gasteiger partial charge in [-0.2, -0.15) is 13.2 Å². The summed E-state index contributed by atoms with van der Waals surface area (Å²) in [4.78, 5) is 22.1. The van der Waals surface area contributed by atoms with E-state index >= 15 is 0 Å². The molecule has 2 heterocycles. The maximum absolute atomic E-state index is 13.1. The third kappa shape index (κ3) is 4.82. The van der Waals surface area contributed by atoms with Gasteiger partial charge in [0, 0.05) is 56.5 Å². The van der Waals surface area contributed by atoms with Gasteiger partial charge < -0.3 is 10.2 Å². The lowest BCUT2D eigenvalue weighted by Gasteiger charge is -2.20. The molecule has 0 saturated carbocycles. The predicted molar refractivity (Wildman–Crippen MR) is 93.5 cm³/mol. The highest BCUT2D eigenvalue weighted by Crippen LogP contribution is 2.32. The standard InChI is InChI=1S/C19H21F3N4O/c1-2-17-24-9-13(10-25-17)8-23-15-7-18(27)26(12-15)11-14-5-3-4-6-16(14)19(20,21)22/h3-6,9-10,15,23H,2,7-8,11-12H2,1H3. The molecular formula is C19H21F3N4O. The number of hydrogen-bond acceptors (Lipinski definition) is 4. The van der Waals surface area contributed by atoms with Crippen LogP contribution < -0.4 is 5.32 Å². The molecule has 1 amide bonds. The minimum absolute atomic E-state index is 0.0407. The number of carbonyl (C=O) groups is 1. The molecule has 1 aliphatic rings. The largest absolute Gasteiger partial charge is 0.416 e. The molecule has 1 atom stereocenters. The van der Waals surface area contributed by atoms with Gasteiger partial charge in [0.15, 0.2) is 0 Å². The molecule has 0 spiro atoms. The van der Waals surface area contributed by atoms with E-state index in [-0.39, 0.29) is 30.5 Å². The number of aryl methyl sites for hydroxylation is 1. The molecular weight excluding hydrogens is 357 g/mol. The van der Waals surface area contributed by atoms with Crippen LogP contribution in [0.4, 0.5) is 13.2 Å². The van der Waals surface area contributed by atoms with Crippen LogP contribution in [0, 0.1) is 0 Å². The molecule has 1 aromatic carbocycles. The smallest absolute Gasteiger partial charge is 0.337 e. The zero-order chi connectivity index (χ0) is 19.4.